The van der Waals surface area contributed by atoms with Crippen LogP contribution in [0.1, 0.15) is 98.8 Å². The third-order valence-electron chi connectivity index (χ3n) is 10.8. The van der Waals surface area contributed by atoms with Crippen molar-refractivity contribution in [3.63, 3.8) is 0 Å². The summed E-state index contributed by atoms with van der Waals surface area (Å²) >= 11 is 0. The van der Waals surface area contributed by atoms with Crippen LogP contribution in [0.4, 0.5) is 0 Å². The van der Waals surface area contributed by atoms with Gasteiger partial charge in [-0.15, -0.1) is 0 Å². The van der Waals surface area contributed by atoms with Gasteiger partial charge in [0.25, 0.3) is 0 Å². The highest BCUT2D eigenvalue weighted by molar-refractivity contribution is 5.44. The van der Waals surface area contributed by atoms with Crippen LogP contribution in [0.15, 0.2) is 11.6 Å². The van der Waals surface area contributed by atoms with Gasteiger partial charge in [-0.1, -0.05) is 60.0 Å². The average molecular weight is 417 g/mol. The van der Waals surface area contributed by atoms with Crippen LogP contribution in [0.2, 0.25) is 0 Å². The van der Waals surface area contributed by atoms with Crippen molar-refractivity contribution in [3.8, 4) is 0 Å². The minimum Gasteiger partial charge on any atom is -0.393 e. The number of hydrogen-bond acceptors (Lipinski definition) is 3. The fraction of sp³-hybridized carbons (Fsp3) is 0.926. The highest BCUT2D eigenvalue weighted by Crippen LogP contribution is 2.73. The molecule has 0 aromatic heterocycles. The second-order valence-corrected chi connectivity index (χ2v) is 12.7. The first-order valence-electron chi connectivity index (χ1n) is 12.9. The topological polar surface area (TPSA) is 53.0 Å². The molecule has 0 aromatic carbocycles. The SMILES string of the molecule is CC(C)CCC[C@@H](C)[C@H]1CC[C@H]2C3=C[C@@H]4OC45C[C@@H](O)CC[C@]5(C)[C@@]3(O)CC[C@]12C. The Morgan fingerprint density at radius 2 is 1.83 bits per heavy atom. The Bertz CT molecular complexity index is 730. The van der Waals surface area contributed by atoms with E-state index in [1.165, 1.54) is 37.7 Å². The molecule has 30 heavy (non-hydrogen) atoms. The summed E-state index contributed by atoms with van der Waals surface area (Å²) in [5.41, 5.74) is 0.314. The van der Waals surface area contributed by atoms with Crippen LogP contribution in [0.25, 0.3) is 0 Å². The van der Waals surface area contributed by atoms with E-state index in [0.29, 0.717) is 17.8 Å². The standard InChI is InChI=1S/C27H44O3/c1-17(2)7-6-8-18(3)20-9-10-21-22-15-23-27(30-23)16-19(28)11-12-25(27,5)26(22,29)14-13-24(20,21)4/h15,17-21,23,28-29H,6-14,16H2,1-5H3/t18-,19+,20-,21+,23+,24-,25-,26-,27?/m1/s1. The van der Waals surface area contributed by atoms with Crippen molar-refractivity contribution in [2.45, 2.75) is 122 Å². The lowest BCUT2D eigenvalue weighted by atomic mass is 9.45. The summed E-state index contributed by atoms with van der Waals surface area (Å²) < 4.78 is 6.33. The lowest BCUT2D eigenvalue weighted by Gasteiger charge is -2.60. The predicted molar refractivity (Wildman–Crippen MR) is 120 cm³/mol. The molecule has 0 amide bonds. The minimum atomic E-state index is -0.750. The van der Waals surface area contributed by atoms with Crippen molar-refractivity contribution >= 4 is 0 Å². The first-order valence-corrected chi connectivity index (χ1v) is 12.9. The van der Waals surface area contributed by atoms with E-state index in [-0.39, 0.29) is 23.2 Å². The zero-order chi connectivity index (χ0) is 21.5. The van der Waals surface area contributed by atoms with Crippen LogP contribution < -0.4 is 0 Å². The molecule has 0 bridgehead atoms. The van der Waals surface area contributed by atoms with Crippen LogP contribution in [0.5, 0.6) is 0 Å². The molecular weight excluding hydrogens is 372 g/mol. The van der Waals surface area contributed by atoms with Crippen molar-refractivity contribution in [2.24, 2.45) is 34.5 Å². The lowest BCUT2D eigenvalue weighted by Crippen LogP contribution is -2.65. The largest absolute Gasteiger partial charge is 0.393 e. The van der Waals surface area contributed by atoms with Crippen molar-refractivity contribution in [1.82, 2.24) is 0 Å². The third kappa shape index (κ3) is 2.67. The van der Waals surface area contributed by atoms with E-state index in [0.717, 1.165) is 43.4 Å². The molecule has 3 nitrogen and oxygen atoms in total. The molecule has 5 aliphatic rings. The monoisotopic (exact) mass is 416 g/mol. The molecule has 0 radical (unpaired) electrons. The summed E-state index contributed by atoms with van der Waals surface area (Å²) in [6, 6.07) is 0. The summed E-state index contributed by atoms with van der Waals surface area (Å²) in [5, 5.41) is 22.6. The van der Waals surface area contributed by atoms with Gasteiger partial charge in [0.1, 0.15) is 11.7 Å². The smallest absolute Gasteiger partial charge is 0.110 e. The Morgan fingerprint density at radius 3 is 2.57 bits per heavy atom. The Kier molecular flexibility index (Phi) is 4.87. The molecule has 170 valence electrons. The molecule has 4 aliphatic carbocycles. The maximum absolute atomic E-state index is 12.3. The summed E-state index contributed by atoms with van der Waals surface area (Å²) in [4.78, 5) is 0. The molecule has 2 N–H and O–H groups in total. The summed E-state index contributed by atoms with van der Waals surface area (Å²) in [6.45, 7) is 12.0. The molecule has 1 aliphatic heterocycles. The Balaban J connectivity index is 1.41. The van der Waals surface area contributed by atoms with E-state index in [9.17, 15) is 10.2 Å². The molecule has 3 saturated carbocycles. The van der Waals surface area contributed by atoms with E-state index in [4.69, 9.17) is 4.74 Å². The molecule has 3 heteroatoms. The number of aliphatic hydroxyl groups is 2. The summed E-state index contributed by atoms with van der Waals surface area (Å²) in [6.07, 6.45) is 13.1. The zero-order valence-electron chi connectivity index (χ0n) is 19.9. The van der Waals surface area contributed by atoms with Gasteiger partial charge in [0.05, 0.1) is 11.7 Å². The Labute approximate surface area is 183 Å². The molecule has 1 spiro atoms. The fourth-order valence-electron chi connectivity index (χ4n) is 8.88. The van der Waals surface area contributed by atoms with Crippen LogP contribution in [0, 0.1) is 34.5 Å². The van der Waals surface area contributed by atoms with E-state index >= 15 is 0 Å². The molecule has 1 unspecified atom stereocenters. The van der Waals surface area contributed by atoms with Gasteiger partial charge in [-0.3, -0.25) is 0 Å². The van der Waals surface area contributed by atoms with Gasteiger partial charge in [-0.05, 0) is 73.2 Å². The molecule has 0 aromatic rings. The Hall–Kier alpha value is -0.380. The van der Waals surface area contributed by atoms with Crippen LogP contribution in [-0.2, 0) is 4.74 Å². The summed E-state index contributed by atoms with van der Waals surface area (Å²) in [5.74, 6) is 2.84. The highest BCUT2D eigenvalue weighted by Gasteiger charge is 2.78. The van der Waals surface area contributed by atoms with Gasteiger partial charge in [-0.2, -0.15) is 0 Å². The van der Waals surface area contributed by atoms with E-state index in [1.54, 1.807) is 0 Å². The third-order valence-corrected chi connectivity index (χ3v) is 10.8. The van der Waals surface area contributed by atoms with Gasteiger partial charge < -0.3 is 14.9 Å². The number of hydrogen-bond donors (Lipinski definition) is 2. The number of rotatable bonds is 5. The number of fused-ring (bicyclic) bond motifs is 4. The lowest BCUT2D eigenvalue weighted by molar-refractivity contribution is -0.157. The number of aliphatic hydroxyl groups excluding tert-OH is 1. The van der Waals surface area contributed by atoms with Crippen LogP contribution >= 0.6 is 0 Å². The molecule has 9 atom stereocenters. The minimum absolute atomic E-state index is 0.109. The van der Waals surface area contributed by atoms with Crippen molar-refractivity contribution in [1.29, 1.82) is 0 Å². The predicted octanol–water partition coefficient (Wildman–Crippen LogP) is 5.63. The normalized spacial score (nSPS) is 52.7. The second-order valence-electron chi connectivity index (χ2n) is 12.7. The van der Waals surface area contributed by atoms with Crippen molar-refractivity contribution in [2.75, 3.05) is 0 Å². The second kappa shape index (κ2) is 6.81. The molecule has 1 saturated heterocycles. The Morgan fingerprint density at radius 1 is 1.07 bits per heavy atom. The van der Waals surface area contributed by atoms with Gasteiger partial charge >= 0.3 is 0 Å². The van der Waals surface area contributed by atoms with E-state index in [2.05, 4.69) is 40.7 Å². The first kappa shape index (κ1) is 21.5. The van der Waals surface area contributed by atoms with Crippen molar-refractivity contribution < 1.29 is 14.9 Å². The molecule has 5 rings (SSSR count). The molecule has 1 heterocycles. The maximum Gasteiger partial charge on any atom is 0.110 e. The van der Waals surface area contributed by atoms with Crippen LogP contribution in [-0.4, -0.2) is 33.6 Å². The zero-order valence-corrected chi connectivity index (χ0v) is 19.9. The number of ether oxygens (including phenoxy) is 1. The van der Waals surface area contributed by atoms with Gasteiger partial charge in [0.2, 0.25) is 0 Å². The van der Waals surface area contributed by atoms with Crippen LogP contribution in [0.3, 0.4) is 0 Å². The van der Waals surface area contributed by atoms with E-state index in [1.807, 2.05) is 0 Å². The first-order chi connectivity index (χ1) is 14.1. The quantitative estimate of drug-likeness (QED) is 0.451. The van der Waals surface area contributed by atoms with E-state index < -0.39 is 5.60 Å². The fourth-order valence-corrected chi connectivity index (χ4v) is 8.88. The molecule has 4 fully saturated rings. The van der Waals surface area contributed by atoms with Gasteiger partial charge in [0.15, 0.2) is 0 Å². The maximum atomic E-state index is 12.3. The molecular formula is C27H44O3. The highest BCUT2D eigenvalue weighted by atomic mass is 16.6. The van der Waals surface area contributed by atoms with Gasteiger partial charge in [-0.25, -0.2) is 0 Å². The summed E-state index contributed by atoms with van der Waals surface area (Å²) in [7, 11) is 0. The number of epoxide rings is 1. The van der Waals surface area contributed by atoms with Crippen molar-refractivity contribution in [3.05, 3.63) is 11.6 Å². The van der Waals surface area contributed by atoms with Gasteiger partial charge in [0, 0.05) is 11.8 Å². The average Bonchev–Trinajstić information content (AvgIpc) is 3.25.